The van der Waals surface area contributed by atoms with Crippen molar-refractivity contribution in [3.05, 3.63) is 54.6 Å². The lowest BCUT2D eigenvalue weighted by molar-refractivity contribution is 0.00578. The monoisotopic (exact) mass is 343 g/mol. The van der Waals surface area contributed by atoms with Gasteiger partial charge < -0.3 is 14.3 Å². The van der Waals surface area contributed by atoms with E-state index < -0.39 is 0 Å². The fourth-order valence-electron chi connectivity index (χ4n) is 3.91. The van der Waals surface area contributed by atoms with Crippen LogP contribution in [0.25, 0.3) is 32.6 Å². The highest BCUT2D eigenvalue weighted by Crippen LogP contribution is 2.38. The highest BCUT2D eigenvalue weighted by atomic mass is 16.7. The Bertz CT molecular complexity index is 1140. The Morgan fingerprint density at radius 1 is 0.731 bits per heavy atom. The van der Waals surface area contributed by atoms with Crippen molar-refractivity contribution in [2.75, 3.05) is 0 Å². The number of hydrogen-bond donors (Lipinski definition) is 1. The van der Waals surface area contributed by atoms with Crippen molar-refractivity contribution in [3.63, 3.8) is 0 Å². The van der Waals surface area contributed by atoms with Gasteiger partial charge in [-0.25, -0.2) is 0 Å². The van der Waals surface area contributed by atoms with Crippen LogP contribution < -0.4 is 5.46 Å². The van der Waals surface area contributed by atoms with E-state index in [1.165, 1.54) is 21.5 Å². The molecule has 1 fully saturated rings. The molecule has 0 unspecified atom stereocenters. The molecule has 0 spiro atoms. The molecule has 4 heteroatoms. The minimum Gasteiger partial charge on any atom is -0.399 e. The molecular weight excluding hydrogens is 321 g/mol. The Kier molecular flexibility index (Phi) is 3.14. The maximum Gasteiger partial charge on any atom is 0.495 e. The van der Waals surface area contributed by atoms with Gasteiger partial charge in [-0.15, -0.1) is 0 Å². The Labute approximate surface area is 153 Å². The van der Waals surface area contributed by atoms with E-state index in [1.54, 1.807) is 0 Å². The molecule has 0 radical (unpaired) electrons. The first kappa shape index (κ1) is 15.9. The molecule has 0 aliphatic carbocycles. The summed E-state index contributed by atoms with van der Waals surface area (Å²) in [5, 5.41) is 4.89. The predicted octanol–water partition coefficient (Wildman–Crippen LogP) is 4.77. The molecule has 4 aromatic rings. The smallest absolute Gasteiger partial charge is 0.399 e. The van der Waals surface area contributed by atoms with Crippen molar-refractivity contribution in [1.82, 2.24) is 4.98 Å². The number of H-pyrrole nitrogens is 1. The van der Waals surface area contributed by atoms with Crippen LogP contribution in [0, 0.1) is 0 Å². The summed E-state index contributed by atoms with van der Waals surface area (Å²) in [6.45, 7) is 8.39. The molecule has 1 saturated heterocycles. The summed E-state index contributed by atoms with van der Waals surface area (Å²) < 4.78 is 12.7. The van der Waals surface area contributed by atoms with Crippen molar-refractivity contribution >= 4 is 45.2 Å². The summed E-state index contributed by atoms with van der Waals surface area (Å²) in [5.41, 5.74) is 2.68. The Morgan fingerprint density at radius 3 is 2.23 bits per heavy atom. The fraction of sp³-hybridized carbons (Fsp3) is 0.273. The summed E-state index contributed by atoms with van der Waals surface area (Å²) in [5.74, 6) is 0. The first-order valence-electron chi connectivity index (χ1n) is 9.15. The van der Waals surface area contributed by atoms with Crippen molar-refractivity contribution < 1.29 is 9.31 Å². The first-order valence-corrected chi connectivity index (χ1v) is 9.15. The van der Waals surface area contributed by atoms with Crippen LogP contribution in [0.15, 0.2) is 54.6 Å². The van der Waals surface area contributed by atoms with Gasteiger partial charge in [0.25, 0.3) is 0 Å². The number of nitrogens with one attached hydrogen (secondary N) is 1. The van der Waals surface area contributed by atoms with E-state index in [0.717, 1.165) is 16.5 Å². The van der Waals surface area contributed by atoms with E-state index in [0.29, 0.717) is 0 Å². The second-order valence-corrected chi connectivity index (χ2v) is 8.19. The lowest BCUT2D eigenvalue weighted by Gasteiger charge is -2.32. The van der Waals surface area contributed by atoms with Crippen LogP contribution in [-0.2, 0) is 9.31 Å². The minimum atomic E-state index is -0.372. The summed E-state index contributed by atoms with van der Waals surface area (Å²) in [7, 11) is -0.372. The summed E-state index contributed by atoms with van der Waals surface area (Å²) in [4.78, 5) is 3.54. The van der Waals surface area contributed by atoms with E-state index in [1.807, 2.05) is 0 Å². The summed E-state index contributed by atoms with van der Waals surface area (Å²) >= 11 is 0. The zero-order valence-electron chi connectivity index (χ0n) is 15.6. The number of para-hydroxylation sites is 1. The molecule has 0 bridgehead atoms. The average Bonchev–Trinajstić information content (AvgIpc) is 3.08. The highest BCUT2D eigenvalue weighted by Gasteiger charge is 2.52. The number of hydrogen-bond acceptors (Lipinski definition) is 2. The second-order valence-electron chi connectivity index (χ2n) is 8.19. The van der Waals surface area contributed by atoms with E-state index in [2.05, 4.69) is 87.3 Å². The van der Waals surface area contributed by atoms with Gasteiger partial charge in [-0.1, -0.05) is 42.5 Å². The second kappa shape index (κ2) is 5.12. The maximum atomic E-state index is 6.36. The van der Waals surface area contributed by atoms with Gasteiger partial charge >= 0.3 is 7.12 Å². The third-order valence-electron chi connectivity index (χ3n) is 6.05. The molecular formula is C22H22BNO2. The number of aromatic nitrogens is 1. The molecule has 0 atom stereocenters. The molecule has 5 rings (SSSR count). The zero-order chi connectivity index (χ0) is 18.1. The number of rotatable bonds is 1. The Balaban J connectivity index is 1.84. The van der Waals surface area contributed by atoms with Crippen LogP contribution in [0.4, 0.5) is 0 Å². The van der Waals surface area contributed by atoms with Crippen LogP contribution in [-0.4, -0.2) is 23.3 Å². The van der Waals surface area contributed by atoms with E-state index in [4.69, 9.17) is 9.31 Å². The Morgan fingerprint density at radius 2 is 1.46 bits per heavy atom. The summed E-state index contributed by atoms with van der Waals surface area (Å²) in [6, 6.07) is 19.2. The molecule has 3 nitrogen and oxygen atoms in total. The molecule has 0 amide bonds. The maximum absolute atomic E-state index is 6.36. The largest absolute Gasteiger partial charge is 0.495 e. The van der Waals surface area contributed by atoms with E-state index in [9.17, 15) is 0 Å². The van der Waals surface area contributed by atoms with Gasteiger partial charge in [0.05, 0.1) is 11.2 Å². The van der Waals surface area contributed by atoms with Gasteiger partial charge in [0.15, 0.2) is 0 Å². The SMILES string of the molecule is CC1(C)OB(c2cccc3ccc4[nH]c5ccccc5c4c23)OC1(C)C. The minimum absolute atomic E-state index is 0.353. The van der Waals surface area contributed by atoms with Gasteiger partial charge in [0.1, 0.15) is 0 Å². The molecule has 26 heavy (non-hydrogen) atoms. The molecule has 130 valence electrons. The standard InChI is InChI=1S/C22H22BNO2/c1-21(2)22(3,4)26-23(25-21)16-10-7-8-14-12-13-18-20(19(14)16)15-9-5-6-11-17(15)24-18/h5-13,24H,1-4H3. The van der Waals surface area contributed by atoms with Gasteiger partial charge in [0.2, 0.25) is 0 Å². The topological polar surface area (TPSA) is 34.2 Å². The van der Waals surface area contributed by atoms with Gasteiger partial charge in [-0.3, -0.25) is 0 Å². The van der Waals surface area contributed by atoms with Crippen LogP contribution in [0.3, 0.4) is 0 Å². The normalized spacial score (nSPS) is 19.0. The third-order valence-corrected chi connectivity index (χ3v) is 6.05. The van der Waals surface area contributed by atoms with Crippen LogP contribution in [0.5, 0.6) is 0 Å². The lowest BCUT2D eigenvalue weighted by atomic mass is 9.75. The Hall–Kier alpha value is -2.30. The fourth-order valence-corrected chi connectivity index (χ4v) is 3.91. The molecule has 2 heterocycles. The zero-order valence-corrected chi connectivity index (χ0v) is 15.6. The molecule has 1 aliphatic heterocycles. The molecule has 1 N–H and O–H groups in total. The van der Waals surface area contributed by atoms with Gasteiger partial charge in [-0.05, 0) is 56.1 Å². The molecule has 1 aromatic heterocycles. The predicted molar refractivity (Wildman–Crippen MR) is 109 cm³/mol. The molecule has 0 saturated carbocycles. The number of benzene rings is 3. The average molecular weight is 343 g/mol. The van der Waals surface area contributed by atoms with E-state index >= 15 is 0 Å². The van der Waals surface area contributed by atoms with Crippen LogP contribution >= 0.6 is 0 Å². The van der Waals surface area contributed by atoms with Crippen molar-refractivity contribution in [2.45, 2.75) is 38.9 Å². The van der Waals surface area contributed by atoms with Gasteiger partial charge in [-0.2, -0.15) is 0 Å². The van der Waals surface area contributed by atoms with Crippen molar-refractivity contribution in [1.29, 1.82) is 0 Å². The third kappa shape index (κ3) is 2.09. The van der Waals surface area contributed by atoms with Gasteiger partial charge in [0, 0.05) is 21.8 Å². The quantitative estimate of drug-likeness (QED) is 0.505. The highest BCUT2D eigenvalue weighted by molar-refractivity contribution is 6.66. The van der Waals surface area contributed by atoms with Crippen molar-refractivity contribution in [2.24, 2.45) is 0 Å². The number of fused-ring (bicyclic) bond motifs is 5. The molecule has 1 aliphatic rings. The van der Waals surface area contributed by atoms with Crippen LogP contribution in [0.1, 0.15) is 27.7 Å². The molecule has 3 aromatic carbocycles. The van der Waals surface area contributed by atoms with Crippen molar-refractivity contribution in [3.8, 4) is 0 Å². The van der Waals surface area contributed by atoms with Crippen LogP contribution in [0.2, 0.25) is 0 Å². The summed E-state index contributed by atoms with van der Waals surface area (Å²) in [6.07, 6.45) is 0. The number of aromatic amines is 1. The first-order chi connectivity index (χ1) is 12.4. The van der Waals surface area contributed by atoms with E-state index in [-0.39, 0.29) is 18.3 Å². The lowest BCUT2D eigenvalue weighted by Crippen LogP contribution is -2.41.